The Morgan fingerprint density at radius 2 is 1.82 bits per heavy atom. The summed E-state index contributed by atoms with van der Waals surface area (Å²) in [7, 11) is -2.37. The Balaban J connectivity index is 1.54. The zero-order valence-corrected chi connectivity index (χ0v) is 18.8. The third-order valence-corrected chi connectivity index (χ3v) is 6.24. The van der Waals surface area contributed by atoms with Gasteiger partial charge in [-0.2, -0.15) is 0 Å². The fraction of sp³-hybridized carbons (Fsp3) is 0.136. The number of rotatable bonds is 7. The first-order valence-electron chi connectivity index (χ1n) is 9.76. The van der Waals surface area contributed by atoms with Crippen LogP contribution in [0.25, 0.3) is 11.3 Å². The number of hydrogen-bond acceptors (Lipinski definition) is 8. The van der Waals surface area contributed by atoms with Crippen LogP contribution in [0.1, 0.15) is 11.3 Å². The molecule has 170 valence electrons. The Hall–Kier alpha value is -3.99. The molecule has 9 nitrogen and oxygen atoms in total. The molecule has 2 N–H and O–H groups in total. The fourth-order valence-corrected chi connectivity index (χ4v) is 4.03. The summed E-state index contributed by atoms with van der Waals surface area (Å²) >= 11 is 0. The molecule has 0 unspecified atom stereocenters. The van der Waals surface area contributed by atoms with Crippen molar-refractivity contribution in [1.82, 2.24) is 15.1 Å². The smallest absolute Gasteiger partial charge is 0.264 e. The third kappa shape index (κ3) is 4.77. The minimum Gasteiger partial charge on any atom is -0.496 e. The maximum Gasteiger partial charge on any atom is 0.264 e. The summed E-state index contributed by atoms with van der Waals surface area (Å²) in [4.78, 5) is 8.62. The van der Waals surface area contributed by atoms with Crippen molar-refractivity contribution in [2.75, 3.05) is 17.1 Å². The molecule has 0 aliphatic carbocycles. The van der Waals surface area contributed by atoms with Crippen LogP contribution in [-0.2, 0) is 10.0 Å². The van der Waals surface area contributed by atoms with Crippen molar-refractivity contribution < 1.29 is 22.1 Å². The van der Waals surface area contributed by atoms with Crippen LogP contribution < -0.4 is 14.8 Å². The van der Waals surface area contributed by atoms with E-state index in [0.29, 0.717) is 34.0 Å². The van der Waals surface area contributed by atoms with Crippen LogP contribution in [0.2, 0.25) is 0 Å². The van der Waals surface area contributed by atoms with Gasteiger partial charge in [-0.3, -0.25) is 0 Å². The lowest BCUT2D eigenvalue weighted by atomic mass is 10.1. The van der Waals surface area contributed by atoms with Gasteiger partial charge in [0, 0.05) is 23.0 Å². The maximum absolute atomic E-state index is 13.7. The SMILES string of the molecule is COc1ccc(F)cc1-c1ccnc(Nc2ccc(S(=O)(=O)Nc3onc(C)c3C)cc2)n1. The summed E-state index contributed by atoms with van der Waals surface area (Å²) in [5.41, 5.74) is 2.72. The molecular formula is C22H20FN5O4S. The zero-order chi connectivity index (χ0) is 23.6. The molecule has 0 spiro atoms. The lowest BCUT2D eigenvalue weighted by molar-refractivity contribution is 0.415. The molecule has 0 radical (unpaired) electrons. The van der Waals surface area contributed by atoms with Crippen LogP contribution >= 0.6 is 0 Å². The maximum atomic E-state index is 13.7. The minimum atomic E-state index is -3.86. The van der Waals surface area contributed by atoms with Gasteiger partial charge in [-0.1, -0.05) is 5.16 Å². The van der Waals surface area contributed by atoms with Gasteiger partial charge in [-0.25, -0.2) is 27.5 Å². The molecule has 0 atom stereocenters. The van der Waals surface area contributed by atoms with E-state index in [1.165, 1.54) is 43.6 Å². The molecule has 0 aliphatic rings. The van der Waals surface area contributed by atoms with Crippen molar-refractivity contribution in [2.24, 2.45) is 0 Å². The third-order valence-electron chi connectivity index (χ3n) is 4.90. The number of aromatic nitrogens is 3. The number of sulfonamides is 1. The Bertz CT molecular complexity index is 1400. The number of halogens is 1. The van der Waals surface area contributed by atoms with Crippen molar-refractivity contribution in [2.45, 2.75) is 18.7 Å². The number of ether oxygens (including phenoxy) is 1. The Labute approximate surface area is 189 Å². The average molecular weight is 469 g/mol. The molecule has 0 bridgehead atoms. The van der Waals surface area contributed by atoms with Gasteiger partial charge in [0.2, 0.25) is 11.8 Å². The predicted octanol–water partition coefficient (Wildman–Crippen LogP) is 4.44. The second-order valence-electron chi connectivity index (χ2n) is 7.09. The topological polar surface area (TPSA) is 119 Å². The first-order chi connectivity index (χ1) is 15.8. The molecule has 0 fully saturated rings. The number of benzene rings is 2. The van der Waals surface area contributed by atoms with Crippen LogP contribution in [0.3, 0.4) is 0 Å². The molecular weight excluding hydrogens is 449 g/mol. The monoisotopic (exact) mass is 469 g/mol. The van der Waals surface area contributed by atoms with Crippen LogP contribution in [-0.4, -0.2) is 30.7 Å². The van der Waals surface area contributed by atoms with Gasteiger partial charge in [-0.05, 0) is 62.4 Å². The van der Waals surface area contributed by atoms with Crippen LogP contribution in [0.5, 0.6) is 5.75 Å². The van der Waals surface area contributed by atoms with E-state index in [9.17, 15) is 12.8 Å². The normalized spacial score (nSPS) is 11.3. The molecule has 0 aliphatic heterocycles. The number of nitrogens with one attached hydrogen (secondary N) is 2. The quantitative estimate of drug-likeness (QED) is 0.408. The highest BCUT2D eigenvalue weighted by Crippen LogP contribution is 2.30. The second kappa shape index (κ2) is 8.87. The van der Waals surface area contributed by atoms with Crippen molar-refractivity contribution in [1.29, 1.82) is 0 Å². The first kappa shape index (κ1) is 22.2. The van der Waals surface area contributed by atoms with E-state index in [-0.39, 0.29) is 16.7 Å². The number of aryl methyl sites for hydroxylation is 1. The van der Waals surface area contributed by atoms with Crippen molar-refractivity contribution in [3.8, 4) is 17.0 Å². The van der Waals surface area contributed by atoms with Gasteiger partial charge in [0.15, 0.2) is 0 Å². The second-order valence-corrected chi connectivity index (χ2v) is 8.77. The Morgan fingerprint density at radius 1 is 1.06 bits per heavy atom. The molecule has 2 aromatic carbocycles. The van der Waals surface area contributed by atoms with Crippen molar-refractivity contribution in [3.05, 3.63) is 71.8 Å². The Kier molecular flexibility index (Phi) is 5.97. The van der Waals surface area contributed by atoms with Crippen molar-refractivity contribution >= 4 is 27.5 Å². The van der Waals surface area contributed by atoms with Gasteiger partial charge < -0.3 is 14.6 Å². The number of anilines is 3. The van der Waals surface area contributed by atoms with Gasteiger partial charge in [0.1, 0.15) is 11.6 Å². The van der Waals surface area contributed by atoms with E-state index >= 15 is 0 Å². The van der Waals surface area contributed by atoms with Gasteiger partial charge in [0.05, 0.1) is 23.4 Å². The van der Waals surface area contributed by atoms with Crippen LogP contribution in [0.4, 0.5) is 21.9 Å². The molecule has 0 saturated heterocycles. The summed E-state index contributed by atoms with van der Waals surface area (Å²) in [6.07, 6.45) is 1.53. The summed E-state index contributed by atoms with van der Waals surface area (Å²) in [5.74, 6) is 0.383. The highest BCUT2D eigenvalue weighted by atomic mass is 32.2. The summed E-state index contributed by atoms with van der Waals surface area (Å²) in [6, 6.07) is 11.8. The molecule has 2 heterocycles. The van der Waals surface area contributed by atoms with E-state index in [4.69, 9.17) is 9.26 Å². The van der Waals surface area contributed by atoms with E-state index in [1.807, 2.05) is 0 Å². The van der Waals surface area contributed by atoms with E-state index < -0.39 is 15.8 Å². The first-order valence-corrected chi connectivity index (χ1v) is 11.2. The average Bonchev–Trinajstić information content (AvgIpc) is 3.11. The minimum absolute atomic E-state index is 0.0423. The molecule has 0 amide bonds. The largest absolute Gasteiger partial charge is 0.496 e. The van der Waals surface area contributed by atoms with Crippen LogP contribution in [0.15, 0.2) is 64.1 Å². The van der Waals surface area contributed by atoms with Gasteiger partial charge in [-0.15, -0.1) is 0 Å². The molecule has 4 rings (SSSR count). The lowest BCUT2D eigenvalue weighted by Gasteiger charge is -2.10. The zero-order valence-electron chi connectivity index (χ0n) is 18.0. The summed E-state index contributed by atoms with van der Waals surface area (Å²) in [6.45, 7) is 3.43. The molecule has 2 aromatic heterocycles. The van der Waals surface area contributed by atoms with E-state index in [1.54, 1.807) is 32.0 Å². The highest BCUT2D eigenvalue weighted by molar-refractivity contribution is 7.92. The van der Waals surface area contributed by atoms with E-state index in [0.717, 1.165) is 0 Å². The molecule has 33 heavy (non-hydrogen) atoms. The van der Waals surface area contributed by atoms with Crippen LogP contribution in [0, 0.1) is 19.7 Å². The Morgan fingerprint density at radius 3 is 2.48 bits per heavy atom. The molecule has 4 aromatic rings. The van der Waals surface area contributed by atoms with Gasteiger partial charge >= 0.3 is 0 Å². The fourth-order valence-electron chi connectivity index (χ4n) is 2.99. The highest BCUT2D eigenvalue weighted by Gasteiger charge is 2.19. The van der Waals surface area contributed by atoms with Crippen molar-refractivity contribution in [3.63, 3.8) is 0 Å². The molecule has 0 saturated carbocycles. The predicted molar refractivity (Wildman–Crippen MR) is 120 cm³/mol. The molecule has 11 heteroatoms. The number of hydrogen-bond donors (Lipinski definition) is 2. The number of nitrogens with zero attached hydrogens (tertiary/aromatic N) is 3. The standard InChI is InChI=1S/C22H20FN5O4S/c1-13-14(2)27-32-21(13)28-33(29,30)17-7-5-16(6-8-17)25-22-24-11-10-19(26-22)18-12-15(23)4-9-20(18)31-3/h4-12,28H,1-3H3,(H,24,25,26). The summed E-state index contributed by atoms with van der Waals surface area (Å²) < 4.78 is 51.7. The van der Waals surface area contributed by atoms with Gasteiger partial charge in [0.25, 0.3) is 10.0 Å². The van der Waals surface area contributed by atoms with E-state index in [2.05, 4.69) is 25.2 Å². The summed E-state index contributed by atoms with van der Waals surface area (Å²) in [5, 5.41) is 6.75. The lowest BCUT2D eigenvalue weighted by Crippen LogP contribution is -2.13. The number of methoxy groups -OCH3 is 1.